The largest absolute Gasteiger partial charge is 0.493 e. The normalized spacial score (nSPS) is 18.7. The van der Waals surface area contributed by atoms with E-state index < -0.39 is 24.1 Å². The quantitative estimate of drug-likeness (QED) is 0.782. The average Bonchev–Trinajstić information content (AvgIpc) is 3.13. The van der Waals surface area contributed by atoms with E-state index in [1.807, 2.05) is 0 Å². The minimum Gasteiger partial charge on any atom is -0.493 e. The van der Waals surface area contributed by atoms with Gasteiger partial charge < -0.3 is 19.7 Å². The van der Waals surface area contributed by atoms with Crippen molar-refractivity contribution in [3.05, 3.63) is 59.4 Å². The number of carboxylic acid groups (broad SMARTS) is 2. The fourth-order valence-electron chi connectivity index (χ4n) is 3.43. The van der Waals surface area contributed by atoms with Crippen LogP contribution in [0.5, 0.6) is 11.5 Å². The molecule has 1 heterocycles. The molecule has 2 N–H and O–H groups in total. The van der Waals surface area contributed by atoms with Gasteiger partial charge in [0.25, 0.3) is 0 Å². The molecule has 0 spiro atoms. The molecular formula is C20H20FNO6. The first-order valence-electron chi connectivity index (χ1n) is 8.70. The third kappa shape index (κ3) is 3.85. The van der Waals surface area contributed by atoms with E-state index in [1.165, 1.54) is 13.2 Å². The number of likely N-dealkylation sites (tertiary alicyclic amines) is 1. The molecule has 2 aromatic rings. The summed E-state index contributed by atoms with van der Waals surface area (Å²) < 4.78 is 24.7. The van der Waals surface area contributed by atoms with Crippen molar-refractivity contribution < 1.29 is 33.7 Å². The number of benzene rings is 2. The maximum absolute atomic E-state index is 13.7. The molecule has 0 unspecified atom stereocenters. The van der Waals surface area contributed by atoms with Crippen molar-refractivity contribution in [2.45, 2.75) is 31.5 Å². The molecule has 1 aliphatic heterocycles. The number of carbonyl (C=O) groups is 2. The van der Waals surface area contributed by atoms with Crippen LogP contribution in [0, 0.1) is 5.82 Å². The molecule has 1 amide bonds. The van der Waals surface area contributed by atoms with Gasteiger partial charge >= 0.3 is 12.1 Å². The summed E-state index contributed by atoms with van der Waals surface area (Å²) in [6.45, 7) is 0.00808. The highest BCUT2D eigenvalue weighted by Gasteiger charge is 2.42. The van der Waals surface area contributed by atoms with E-state index in [1.54, 1.807) is 36.4 Å². The zero-order chi connectivity index (χ0) is 20.3. The molecule has 0 aliphatic carbocycles. The van der Waals surface area contributed by atoms with Crippen molar-refractivity contribution in [3.8, 4) is 11.5 Å². The van der Waals surface area contributed by atoms with E-state index in [0.717, 1.165) is 4.90 Å². The Hall–Kier alpha value is -3.29. The van der Waals surface area contributed by atoms with Crippen LogP contribution in [0.2, 0.25) is 0 Å². The van der Waals surface area contributed by atoms with Gasteiger partial charge in [0.15, 0.2) is 11.5 Å². The summed E-state index contributed by atoms with van der Waals surface area (Å²) in [6.07, 6.45) is -0.657. The highest BCUT2D eigenvalue weighted by molar-refractivity contribution is 5.80. The Balaban J connectivity index is 1.82. The molecule has 0 saturated carbocycles. The van der Waals surface area contributed by atoms with Crippen LogP contribution in [0.15, 0.2) is 42.5 Å². The second kappa shape index (κ2) is 8.16. The van der Waals surface area contributed by atoms with Crippen molar-refractivity contribution in [3.63, 3.8) is 0 Å². The molecule has 28 heavy (non-hydrogen) atoms. The minimum atomic E-state index is -1.28. The zero-order valence-corrected chi connectivity index (χ0v) is 15.2. The maximum atomic E-state index is 13.7. The van der Waals surface area contributed by atoms with Crippen LogP contribution in [0.25, 0.3) is 0 Å². The number of hydrogen-bond acceptors (Lipinski definition) is 4. The summed E-state index contributed by atoms with van der Waals surface area (Å²) in [6, 6.07) is 9.51. The first-order valence-corrected chi connectivity index (χ1v) is 8.70. The van der Waals surface area contributed by atoms with E-state index in [0.29, 0.717) is 29.0 Å². The van der Waals surface area contributed by atoms with Gasteiger partial charge in [-0.3, -0.25) is 4.90 Å². The maximum Gasteiger partial charge on any atom is 0.408 e. The van der Waals surface area contributed by atoms with Gasteiger partial charge in [0.05, 0.1) is 13.2 Å². The number of carboxylic acids is 1. The second-order valence-electron chi connectivity index (χ2n) is 6.43. The molecule has 3 rings (SSSR count). The van der Waals surface area contributed by atoms with Gasteiger partial charge in [-0.1, -0.05) is 24.3 Å². The molecule has 2 aromatic carbocycles. The molecule has 148 valence electrons. The lowest BCUT2D eigenvalue weighted by molar-refractivity contribution is -0.142. The van der Waals surface area contributed by atoms with Crippen molar-refractivity contribution in [1.82, 2.24) is 4.90 Å². The highest BCUT2D eigenvalue weighted by Crippen LogP contribution is 2.39. The summed E-state index contributed by atoms with van der Waals surface area (Å²) in [4.78, 5) is 23.9. The van der Waals surface area contributed by atoms with Gasteiger partial charge in [-0.25, -0.2) is 14.0 Å². The van der Waals surface area contributed by atoms with E-state index >= 15 is 0 Å². The number of aliphatic carboxylic acids is 1. The lowest BCUT2D eigenvalue weighted by atomic mass is 10.0. The molecule has 1 saturated heterocycles. The number of rotatable bonds is 6. The summed E-state index contributed by atoms with van der Waals surface area (Å²) in [7, 11) is 1.44. The van der Waals surface area contributed by atoms with Crippen LogP contribution in [0.1, 0.15) is 30.0 Å². The van der Waals surface area contributed by atoms with Crippen LogP contribution in [0.3, 0.4) is 0 Å². The predicted molar refractivity (Wildman–Crippen MR) is 97.0 cm³/mol. The van der Waals surface area contributed by atoms with Gasteiger partial charge in [0.2, 0.25) is 0 Å². The predicted octanol–water partition coefficient (Wildman–Crippen LogP) is 3.68. The molecule has 0 aromatic heterocycles. The Morgan fingerprint density at radius 1 is 1.14 bits per heavy atom. The van der Waals surface area contributed by atoms with Gasteiger partial charge in [-0.2, -0.15) is 0 Å². The standard InChI is InChI=1S/C20H20FNO6/c1-27-18-10-12(15-7-8-16(19(23)24)22(15)20(25)26)6-9-17(18)28-11-13-4-2-3-5-14(13)21/h2-6,9-10,15-16H,7-8,11H2,1H3,(H,23,24)(H,25,26)/t15-,16+/m1/s1. The Morgan fingerprint density at radius 3 is 2.54 bits per heavy atom. The monoisotopic (exact) mass is 389 g/mol. The highest BCUT2D eigenvalue weighted by atomic mass is 19.1. The Labute approximate surface area is 160 Å². The van der Waals surface area contributed by atoms with E-state index in [2.05, 4.69) is 0 Å². The molecular weight excluding hydrogens is 369 g/mol. The lowest BCUT2D eigenvalue weighted by Crippen LogP contribution is -2.40. The number of halogens is 1. The average molecular weight is 389 g/mol. The van der Waals surface area contributed by atoms with Crippen molar-refractivity contribution in [2.24, 2.45) is 0 Å². The smallest absolute Gasteiger partial charge is 0.408 e. The topological polar surface area (TPSA) is 96.3 Å². The first-order chi connectivity index (χ1) is 13.4. The summed E-state index contributed by atoms with van der Waals surface area (Å²) >= 11 is 0. The summed E-state index contributed by atoms with van der Waals surface area (Å²) in [5.74, 6) is -0.801. The second-order valence-corrected chi connectivity index (χ2v) is 6.43. The zero-order valence-electron chi connectivity index (χ0n) is 15.2. The number of ether oxygens (including phenoxy) is 2. The molecule has 1 aliphatic rings. The fraction of sp³-hybridized carbons (Fsp3) is 0.300. The van der Waals surface area contributed by atoms with Crippen molar-refractivity contribution >= 4 is 12.1 Å². The Morgan fingerprint density at radius 2 is 1.89 bits per heavy atom. The van der Waals surface area contributed by atoms with Crippen molar-refractivity contribution in [1.29, 1.82) is 0 Å². The molecule has 1 fully saturated rings. The third-order valence-electron chi connectivity index (χ3n) is 4.80. The van der Waals surface area contributed by atoms with Crippen LogP contribution in [0.4, 0.5) is 9.18 Å². The summed E-state index contributed by atoms with van der Waals surface area (Å²) in [5.41, 5.74) is 1.01. The third-order valence-corrected chi connectivity index (χ3v) is 4.80. The van der Waals surface area contributed by atoms with E-state index in [4.69, 9.17) is 9.47 Å². The SMILES string of the molecule is COc1cc([C@H]2CC[C@@H](C(=O)O)N2C(=O)O)ccc1OCc1ccccc1F. The van der Waals surface area contributed by atoms with E-state index in [-0.39, 0.29) is 18.8 Å². The van der Waals surface area contributed by atoms with E-state index in [9.17, 15) is 24.2 Å². The van der Waals surface area contributed by atoms with Gasteiger partial charge in [0, 0.05) is 5.56 Å². The van der Waals surface area contributed by atoms with Crippen LogP contribution in [-0.4, -0.2) is 40.3 Å². The number of methoxy groups -OCH3 is 1. The Bertz CT molecular complexity index is 887. The van der Waals surface area contributed by atoms with Crippen LogP contribution >= 0.6 is 0 Å². The van der Waals surface area contributed by atoms with Crippen LogP contribution < -0.4 is 9.47 Å². The molecule has 7 nitrogen and oxygen atoms in total. The number of hydrogen-bond donors (Lipinski definition) is 2. The number of amides is 1. The molecule has 0 radical (unpaired) electrons. The molecule has 2 atom stereocenters. The molecule has 0 bridgehead atoms. The van der Waals surface area contributed by atoms with Gasteiger partial charge in [-0.15, -0.1) is 0 Å². The Kier molecular flexibility index (Phi) is 5.67. The van der Waals surface area contributed by atoms with Crippen LogP contribution in [-0.2, 0) is 11.4 Å². The molecule has 8 heteroatoms. The van der Waals surface area contributed by atoms with Gasteiger partial charge in [-0.05, 0) is 36.6 Å². The lowest BCUT2D eigenvalue weighted by Gasteiger charge is -2.26. The fourth-order valence-corrected chi connectivity index (χ4v) is 3.43. The van der Waals surface area contributed by atoms with Crippen molar-refractivity contribution in [2.75, 3.05) is 7.11 Å². The summed E-state index contributed by atoms with van der Waals surface area (Å²) in [5, 5.41) is 18.7. The number of nitrogens with zero attached hydrogens (tertiary/aromatic N) is 1. The van der Waals surface area contributed by atoms with Gasteiger partial charge in [0.1, 0.15) is 18.5 Å². The minimum absolute atomic E-state index is 0.00808. The first kappa shape index (κ1) is 19.5.